The molecule has 0 spiro atoms. The molecule has 0 aliphatic carbocycles. The van der Waals surface area contributed by atoms with E-state index in [1.165, 1.54) is 0 Å². The normalized spacial score (nSPS) is 13.8. The lowest BCUT2D eigenvalue weighted by molar-refractivity contribution is -0.159. The first-order valence-corrected chi connectivity index (χ1v) is 3.92. The lowest BCUT2D eigenvalue weighted by Gasteiger charge is -2.13. The number of hydrogen-bond donors (Lipinski definition) is 0. The average molecular weight is 284 g/mol. The van der Waals surface area contributed by atoms with Crippen molar-refractivity contribution >= 4 is 0 Å². The summed E-state index contributed by atoms with van der Waals surface area (Å²) >= 11 is 0. The first-order valence-electron chi connectivity index (χ1n) is 3.92. The van der Waals surface area contributed by atoms with Crippen molar-refractivity contribution in [3.8, 4) is 0 Å². The van der Waals surface area contributed by atoms with E-state index in [0.717, 1.165) is 0 Å². The van der Waals surface area contributed by atoms with E-state index in [1.54, 1.807) is 0 Å². The Balaban J connectivity index is 3.49. The number of halogens is 9. The third-order valence-electron chi connectivity index (χ3n) is 1.56. The van der Waals surface area contributed by atoms with E-state index < -0.39 is 41.8 Å². The lowest BCUT2D eigenvalue weighted by Crippen LogP contribution is -2.21. The molecule has 2 nitrogen and oxygen atoms in total. The third-order valence-corrected chi connectivity index (χ3v) is 1.56. The fraction of sp³-hybridized carbons (Fsp3) is 0.429. The van der Waals surface area contributed by atoms with Crippen molar-refractivity contribution in [1.29, 1.82) is 0 Å². The predicted octanol–water partition coefficient (Wildman–Crippen LogP) is 3.53. The van der Waals surface area contributed by atoms with Crippen LogP contribution in [0.1, 0.15) is 17.2 Å². The Morgan fingerprint density at radius 2 is 0.944 bits per heavy atom. The molecular weight excluding hydrogens is 283 g/mol. The van der Waals surface area contributed by atoms with Gasteiger partial charge in [0.2, 0.25) is 5.82 Å². The van der Waals surface area contributed by atoms with Crippen LogP contribution >= 0.6 is 0 Å². The summed E-state index contributed by atoms with van der Waals surface area (Å²) in [5, 5.41) is 0. The van der Waals surface area contributed by atoms with E-state index in [-0.39, 0.29) is 0 Å². The van der Waals surface area contributed by atoms with Gasteiger partial charge >= 0.3 is 18.5 Å². The molecule has 0 atom stereocenters. The summed E-state index contributed by atoms with van der Waals surface area (Å²) in [6.45, 7) is 0. The van der Waals surface area contributed by atoms with Gasteiger partial charge in [-0.2, -0.15) is 39.5 Å². The van der Waals surface area contributed by atoms with Crippen molar-refractivity contribution in [3.63, 3.8) is 0 Å². The Hall–Kier alpha value is -1.55. The molecule has 0 bridgehead atoms. The van der Waals surface area contributed by atoms with Crippen LogP contribution in [0, 0.1) is 0 Å². The summed E-state index contributed by atoms with van der Waals surface area (Å²) in [6.07, 6.45) is -16.4. The van der Waals surface area contributed by atoms with Gasteiger partial charge < -0.3 is 0 Å². The van der Waals surface area contributed by atoms with Crippen molar-refractivity contribution < 1.29 is 39.5 Å². The Morgan fingerprint density at radius 1 is 0.611 bits per heavy atom. The highest BCUT2D eigenvalue weighted by atomic mass is 19.4. The van der Waals surface area contributed by atoms with E-state index >= 15 is 0 Å². The number of hydrogen-bond acceptors (Lipinski definition) is 2. The molecule has 1 rings (SSSR count). The minimum absolute atomic E-state index is 0.588. The van der Waals surface area contributed by atoms with Crippen LogP contribution in [0.3, 0.4) is 0 Å². The van der Waals surface area contributed by atoms with Crippen molar-refractivity contribution in [1.82, 2.24) is 9.97 Å². The number of nitrogens with zero attached hydrogens (tertiary/aromatic N) is 2. The molecule has 0 radical (unpaired) electrons. The van der Waals surface area contributed by atoms with Gasteiger partial charge in [0.05, 0.1) is 0 Å². The molecule has 1 aromatic heterocycles. The highest BCUT2D eigenvalue weighted by molar-refractivity contribution is 5.17. The van der Waals surface area contributed by atoms with Gasteiger partial charge in [0.1, 0.15) is 11.4 Å². The summed E-state index contributed by atoms with van der Waals surface area (Å²) in [5.74, 6) is -2.50. The second-order valence-electron chi connectivity index (χ2n) is 2.96. The standard InChI is InChI=1S/C7HF9N2/c8-5(9,10)2-1-3(6(11,12)13)18-4(17-2)7(14,15)16/h1H. The van der Waals surface area contributed by atoms with Crippen LogP contribution in [0.15, 0.2) is 6.07 Å². The van der Waals surface area contributed by atoms with Gasteiger partial charge in [0, 0.05) is 0 Å². The molecule has 102 valence electrons. The summed E-state index contributed by atoms with van der Waals surface area (Å²) in [4.78, 5) is 4.06. The first kappa shape index (κ1) is 14.5. The van der Waals surface area contributed by atoms with Crippen LogP contribution in [0.2, 0.25) is 0 Å². The van der Waals surface area contributed by atoms with Crippen LogP contribution in [0.5, 0.6) is 0 Å². The topological polar surface area (TPSA) is 25.8 Å². The second-order valence-corrected chi connectivity index (χ2v) is 2.96. The SMILES string of the molecule is FC(F)(F)c1cc(C(F)(F)F)nc(C(F)(F)F)n1. The highest BCUT2D eigenvalue weighted by Crippen LogP contribution is 2.36. The van der Waals surface area contributed by atoms with E-state index in [1.807, 2.05) is 9.97 Å². The van der Waals surface area contributed by atoms with Crippen LogP contribution in [0.4, 0.5) is 39.5 Å². The maximum absolute atomic E-state index is 12.1. The van der Waals surface area contributed by atoms with E-state index in [2.05, 4.69) is 0 Å². The molecule has 11 heteroatoms. The first-order chi connectivity index (χ1) is 7.82. The van der Waals surface area contributed by atoms with Crippen molar-refractivity contribution in [2.45, 2.75) is 18.5 Å². The Morgan fingerprint density at radius 3 is 1.17 bits per heavy atom. The van der Waals surface area contributed by atoms with Gasteiger partial charge in [-0.1, -0.05) is 0 Å². The van der Waals surface area contributed by atoms with Gasteiger partial charge in [-0.3, -0.25) is 0 Å². The quantitative estimate of drug-likeness (QED) is 0.681. The largest absolute Gasteiger partial charge is 0.451 e. The molecule has 0 N–H and O–H groups in total. The average Bonchev–Trinajstić information content (AvgIpc) is 2.13. The zero-order valence-electron chi connectivity index (χ0n) is 7.87. The van der Waals surface area contributed by atoms with Gasteiger partial charge in [-0.15, -0.1) is 0 Å². The zero-order valence-corrected chi connectivity index (χ0v) is 7.87. The molecule has 0 saturated carbocycles. The highest BCUT2D eigenvalue weighted by Gasteiger charge is 2.44. The Kier molecular flexibility index (Phi) is 3.21. The van der Waals surface area contributed by atoms with Gasteiger partial charge in [0.25, 0.3) is 0 Å². The molecule has 0 aliphatic rings. The molecule has 0 fully saturated rings. The predicted molar refractivity (Wildman–Crippen MR) is 37.0 cm³/mol. The molecule has 0 aromatic carbocycles. The fourth-order valence-electron chi connectivity index (χ4n) is 0.864. The maximum atomic E-state index is 12.1. The summed E-state index contributed by atoms with van der Waals surface area (Å²) in [7, 11) is 0. The Bertz CT molecular complexity index is 363. The molecule has 0 unspecified atom stereocenters. The Labute approximate surface area is 92.5 Å². The van der Waals surface area contributed by atoms with Crippen LogP contribution in [-0.2, 0) is 18.5 Å². The molecule has 0 saturated heterocycles. The van der Waals surface area contributed by atoms with E-state index in [0.29, 0.717) is 0 Å². The van der Waals surface area contributed by atoms with E-state index in [9.17, 15) is 39.5 Å². The lowest BCUT2D eigenvalue weighted by atomic mass is 10.3. The number of aromatic nitrogens is 2. The van der Waals surface area contributed by atoms with Crippen LogP contribution in [-0.4, -0.2) is 9.97 Å². The molecule has 1 aromatic rings. The van der Waals surface area contributed by atoms with Crippen molar-refractivity contribution in [2.75, 3.05) is 0 Å². The monoisotopic (exact) mass is 284 g/mol. The fourth-order valence-corrected chi connectivity index (χ4v) is 0.864. The van der Waals surface area contributed by atoms with Gasteiger partial charge in [-0.05, 0) is 6.07 Å². The summed E-state index contributed by atoms with van der Waals surface area (Å²) < 4.78 is 109. The van der Waals surface area contributed by atoms with Crippen LogP contribution < -0.4 is 0 Å². The zero-order chi connectivity index (χ0) is 14.4. The smallest absolute Gasteiger partial charge is 0.220 e. The maximum Gasteiger partial charge on any atom is 0.451 e. The minimum Gasteiger partial charge on any atom is -0.220 e. The second kappa shape index (κ2) is 3.99. The third kappa shape index (κ3) is 3.23. The summed E-state index contributed by atoms with van der Waals surface area (Å²) in [6, 6.07) is -0.588. The van der Waals surface area contributed by atoms with Crippen molar-refractivity contribution in [3.05, 3.63) is 23.3 Å². The number of alkyl halides is 9. The molecule has 1 heterocycles. The minimum atomic E-state index is -5.51. The van der Waals surface area contributed by atoms with E-state index in [4.69, 9.17) is 0 Å². The van der Waals surface area contributed by atoms with Crippen molar-refractivity contribution in [2.24, 2.45) is 0 Å². The molecular formula is C7HF9N2. The van der Waals surface area contributed by atoms with Gasteiger partial charge in [0.15, 0.2) is 0 Å². The number of rotatable bonds is 0. The molecule has 0 aliphatic heterocycles. The van der Waals surface area contributed by atoms with Crippen LogP contribution in [0.25, 0.3) is 0 Å². The van der Waals surface area contributed by atoms with Gasteiger partial charge in [-0.25, -0.2) is 9.97 Å². The molecule has 0 amide bonds. The summed E-state index contributed by atoms with van der Waals surface area (Å²) in [5.41, 5.74) is -4.62. The molecule has 18 heavy (non-hydrogen) atoms.